The summed E-state index contributed by atoms with van der Waals surface area (Å²) in [6, 6.07) is 10.5. The van der Waals surface area contributed by atoms with Crippen LogP contribution in [0, 0.1) is 11.8 Å². The second-order valence-electron chi connectivity index (χ2n) is 7.89. The quantitative estimate of drug-likeness (QED) is 0.901. The van der Waals surface area contributed by atoms with E-state index in [9.17, 15) is 9.59 Å². The summed E-state index contributed by atoms with van der Waals surface area (Å²) in [5.41, 5.74) is 1.12. The van der Waals surface area contributed by atoms with Crippen LogP contribution >= 0.6 is 0 Å². The maximum atomic E-state index is 13.0. The first-order valence-corrected chi connectivity index (χ1v) is 9.93. The predicted octanol–water partition coefficient (Wildman–Crippen LogP) is 2.98. The lowest BCUT2D eigenvalue weighted by Crippen LogP contribution is -2.50. The molecule has 1 unspecified atom stereocenters. The van der Waals surface area contributed by atoms with Crippen LogP contribution in [0.1, 0.15) is 39.5 Å². The fourth-order valence-electron chi connectivity index (χ4n) is 4.04. The Labute approximate surface area is 156 Å². The molecule has 0 saturated carbocycles. The standard InChI is InChI=1S/C21H31N3O2/c1-16(2)20(25)23-13-10-17(11-14-23)21(26)24-12-6-9-19(15-24)22-18-7-4-3-5-8-18/h3-5,7-8,16-17,19,22H,6,9-15H2,1-2H3. The molecule has 5 heteroatoms. The summed E-state index contributed by atoms with van der Waals surface area (Å²) in [6.07, 6.45) is 3.73. The molecule has 3 rings (SSSR count). The number of para-hydroxylation sites is 1. The van der Waals surface area contributed by atoms with Crippen molar-refractivity contribution in [1.29, 1.82) is 0 Å². The second-order valence-corrected chi connectivity index (χ2v) is 7.89. The van der Waals surface area contributed by atoms with Crippen molar-refractivity contribution >= 4 is 17.5 Å². The van der Waals surface area contributed by atoms with Crippen LogP contribution in [-0.2, 0) is 9.59 Å². The van der Waals surface area contributed by atoms with Gasteiger partial charge in [-0.2, -0.15) is 0 Å². The molecule has 2 heterocycles. The van der Waals surface area contributed by atoms with Gasteiger partial charge < -0.3 is 15.1 Å². The first-order valence-electron chi connectivity index (χ1n) is 9.93. The lowest BCUT2D eigenvalue weighted by atomic mass is 9.93. The zero-order valence-electron chi connectivity index (χ0n) is 16.0. The van der Waals surface area contributed by atoms with Gasteiger partial charge in [0.1, 0.15) is 0 Å². The summed E-state index contributed by atoms with van der Waals surface area (Å²) >= 11 is 0. The second kappa shape index (κ2) is 8.56. The zero-order valence-corrected chi connectivity index (χ0v) is 16.0. The Hall–Kier alpha value is -2.04. The number of nitrogens with one attached hydrogen (secondary N) is 1. The van der Waals surface area contributed by atoms with Gasteiger partial charge in [0.05, 0.1) is 0 Å². The highest BCUT2D eigenvalue weighted by Crippen LogP contribution is 2.24. The summed E-state index contributed by atoms with van der Waals surface area (Å²) in [7, 11) is 0. The van der Waals surface area contributed by atoms with E-state index in [-0.39, 0.29) is 23.7 Å². The summed E-state index contributed by atoms with van der Waals surface area (Å²) in [6.45, 7) is 6.94. The molecule has 1 atom stereocenters. The van der Waals surface area contributed by atoms with Gasteiger partial charge in [0, 0.05) is 49.7 Å². The van der Waals surface area contributed by atoms with Crippen LogP contribution in [0.3, 0.4) is 0 Å². The van der Waals surface area contributed by atoms with Crippen molar-refractivity contribution in [1.82, 2.24) is 9.80 Å². The Kier molecular flexibility index (Phi) is 6.17. The van der Waals surface area contributed by atoms with Crippen molar-refractivity contribution in [2.75, 3.05) is 31.5 Å². The summed E-state index contributed by atoms with van der Waals surface area (Å²) in [5.74, 6) is 0.595. The SMILES string of the molecule is CC(C)C(=O)N1CCC(C(=O)N2CCCC(Nc3ccccc3)C2)CC1. The van der Waals surface area contributed by atoms with Gasteiger partial charge in [-0.25, -0.2) is 0 Å². The van der Waals surface area contributed by atoms with Crippen molar-refractivity contribution in [3.63, 3.8) is 0 Å². The number of hydrogen-bond donors (Lipinski definition) is 1. The number of amides is 2. The van der Waals surface area contributed by atoms with E-state index < -0.39 is 0 Å². The third-order valence-electron chi connectivity index (χ3n) is 5.53. The molecule has 0 spiro atoms. The van der Waals surface area contributed by atoms with Gasteiger partial charge in [-0.05, 0) is 37.8 Å². The largest absolute Gasteiger partial charge is 0.381 e. The van der Waals surface area contributed by atoms with Gasteiger partial charge in [-0.1, -0.05) is 32.0 Å². The van der Waals surface area contributed by atoms with Crippen LogP contribution in [0.2, 0.25) is 0 Å². The number of carbonyl (C=O) groups excluding carboxylic acids is 2. The van der Waals surface area contributed by atoms with E-state index in [1.807, 2.05) is 41.8 Å². The van der Waals surface area contributed by atoms with Gasteiger partial charge in [-0.15, -0.1) is 0 Å². The highest BCUT2D eigenvalue weighted by atomic mass is 16.2. The number of anilines is 1. The molecular weight excluding hydrogens is 326 g/mol. The van der Waals surface area contributed by atoms with E-state index in [1.165, 1.54) is 0 Å². The average molecular weight is 357 g/mol. The molecule has 2 fully saturated rings. The zero-order chi connectivity index (χ0) is 18.5. The minimum absolute atomic E-state index is 0.0363. The van der Waals surface area contributed by atoms with Gasteiger partial charge in [-0.3, -0.25) is 9.59 Å². The average Bonchev–Trinajstić information content (AvgIpc) is 2.68. The van der Waals surface area contributed by atoms with Gasteiger partial charge >= 0.3 is 0 Å². The topological polar surface area (TPSA) is 52.7 Å². The molecular formula is C21H31N3O2. The Morgan fingerprint density at radius 1 is 1.00 bits per heavy atom. The van der Waals surface area contributed by atoms with Crippen LogP contribution in [0.25, 0.3) is 0 Å². The summed E-state index contributed by atoms with van der Waals surface area (Å²) in [4.78, 5) is 29.0. The van der Waals surface area contributed by atoms with E-state index >= 15 is 0 Å². The highest BCUT2D eigenvalue weighted by Gasteiger charge is 2.32. The molecule has 142 valence electrons. The molecule has 2 amide bonds. The summed E-state index contributed by atoms with van der Waals surface area (Å²) < 4.78 is 0. The van der Waals surface area contributed by atoms with E-state index in [1.54, 1.807) is 0 Å². The highest BCUT2D eigenvalue weighted by molar-refractivity contribution is 5.81. The maximum absolute atomic E-state index is 13.0. The van der Waals surface area contributed by atoms with Crippen molar-refractivity contribution < 1.29 is 9.59 Å². The fourth-order valence-corrected chi connectivity index (χ4v) is 4.04. The van der Waals surface area contributed by atoms with Crippen molar-refractivity contribution in [2.45, 2.75) is 45.6 Å². The molecule has 2 aliphatic rings. The number of hydrogen-bond acceptors (Lipinski definition) is 3. The Bertz CT molecular complexity index is 609. The number of benzene rings is 1. The lowest BCUT2D eigenvalue weighted by molar-refractivity contribution is -0.142. The van der Waals surface area contributed by atoms with Crippen molar-refractivity contribution in [3.8, 4) is 0 Å². The number of carbonyl (C=O) groups is 2. The molecule has 1 N–H and O–H groups in total. The van der Waals surface area contributed by atoms with Gasteiger partial charge in [0.25, 0.3) is 0 Å². The number of rotatable bonds is 4. The summed E-state index contributed by atoms with van der Waals surface area (Å²) in [5, 5.41) is 3.56. The number of likely N-dealkylation sites (tertiary alicyclic amines) is 2. The van der Waals surface area contributed by atoms with Crippen molar-refractivity contribution in [2.24, 2.45) is 11.8 Å². The minimum atomic E-state index is 0.0363. The molecule has 0 aromatic heterocycles. The van der Waals surface area contributed by atoms with Crippen LogP contribution in [-0.4, -0.2) is 53.8 Å². The van der Waals surface area contributed by atoms with E-state index in [4.69, 9.17) is 0 Å². The van der Waals surface area contributed by atoms with Crippen LogP contribution in [0.4, 0.5) is 5.69 Å². The molecule has 2 aliphatic heterocycles. The molecule has 5 nitrogen and oxygen atoms in total. The first-order chi connectivity index (χ1) is 12.5. The normalized spacial score (nSPS) is 21.7. The Balaban J connectivity index is 1.51. The Morgan fingerprint density at radius 3 is 2.35 bits per heavy atom. The van der Waals surface area contributed by atoms with E-state index in [0.29, 0.717) is 19.1 Å². The molecule has 0 bridgehead atoms. The monoisotopic (exact) mass is 357 g/mol. The third kappa shape index (κ3) is 4.57. The molecule has 0 radical (unpaired) electrons. The van der Waals surface area contributed by atoms with Gasteiger partial charge in [0.2, 0.25) is 11.8 Å². The van der Waals surface area contributed by atoms with Crippen LogP contribution in [0.15, 0.2) is 30.3 Å². The van der Waals surface area contributed by atoms with E-state index in [0.717, 1.165) is 44.5 Å². The fraction of sp³-hybridized carbons (Fsp3) is 0.619. The lowest BCUT2D eigenvalue weighted by Gasteiger charge is -2.38. The Morgan fingerprint density at radius 2 is 1.69 bits per heavy atom. The molecule has 26 heavy (non-hydrogen) atoms. The van der Waals surface area contributed by atoms with E-state index in [2.05, 4.69) is 17.4 Å². The third-order valence-corrected chi connectivity index (χ3v) is 5.53. The smallest absolute Gasteiger partial charge is 0.225 e. The van der Waals surface area contributed by atoms with Gasteiger partial charge in [0.15, 0.2) is 0 Å². The van der Waals surface area contributed by atoms with Crippen LogP contribution in [0.5, 0.6) is 0 Å². The molecule has 1 aromatic rings. The molecule has 1 aromatic carbocycles. The van der Waals surface area contributed by atoms with Crippen LogP contribution < -0.4 is 5.32 Å². The maximum Gasteiger partial charge on any atom is 0.225 e. The number of piperidine rings is 2. The minimum Gasteiger partial charge on any atom is -0.381 e. The number of nitrogens with zero attached hydrogens (tertiary/aromatic N) is 2. The first kappa shape index (κ1) is 18.7. The molecule has 2 saturated heterocycles. The molecule has 0 aliphatic carbocycles. The predicted molar refractivity (Wildman–Crippen MR) is 104 cm³/mol. The van der Waals surface area contributed by atoms with Crippen molar-refractivity contribution in [3.05, 3.63) is 30.3 Å².